The predicted molar refractivity (Wildman–Crippen MR) is 78.8 cm³/mol. The van der Waals surface area contributed by atoms with Gasteiger partial charge in [0.2, 0.25) is 5.91 Å². The highest BCUT2D eigenvalue weighted by atomic mass is 16.3. The summed E-state index contributed by atoms with van der Waals surface area (Å²) in [7, 11) is 0. The Morgan fingerprint density at radius 2 is 2.23 bits per heavy atom. The van der Waals surface area contributed by atoms with Crippen molar-refractivity contribution in [2.45, 2.75) is 12.5 Å². The highest BCUT2D eigenvalue weighted by Crippen LogP contribution is 2.13. The molecule has 116 valence electrons. The largest absolute Gasteiger partial charge is 0.390 e. The van der Waals surface area contributed by atoms with E-state index in [1.54, 1.807) is 17.3 Å². The first-order valence-electron chi connectivity index (χ1n) is 7.20. The maximum absolute atomic E-state index is 12.3. The number of carbonyl (C=O) groups excluding carboxylic acids is 1. The van der Waals surface area contributed by atoms with Crippen LogP contribution < -0.4 is 5.32 Å². The molecule has 1 saturated heterocycles. The van der Waals surface area contributed by atoms with Crippen molar-refractivity contribution in [3.8, 4) is 11.4 Å². The minimum Gasteiger partial charge on any atom is -0.390 e. The van der Waals surface area contributed by atoms with Crippen LogP contribution in [-0.4, -0.2) is 68.4 Å². The number of nitrogens with one attached hydrogen (secondary N) is 2. The van der Waals surface area contributed by atoms with E-state index >= 15 is 0 Å². The average Bonchev–Trinajstić information content (AvgIpc) is 2.88. The molecule has 0 spiro atoms. The van der Waals surface area contributed by atoms with Gasteiger partial charge in [-0.05, 0) is 12.1 Å². The number of carbonyl (C=O) groups is 1. The molecule has 22 heavy (non-hydrogen) atoms. The van der Waals surface area contributed by atoms with Gasteiger partial charge in [-0.15, -0.1) is 0 Å². The number of aliphatic hydroxyl groups excluding tert-OH is 1. The maximum atomic E-state index is 12.3. The fourth-order valence-corrected chi connectivity index (χ4v) is 2.38. The lowest BCUT2D eigenvalue weighted by Crippen LogP contribution is -2.38. The monoisotopic (exact) mass is 302 g/mol. The summed E-state index contributed by atoms with van der Waals surface area (Å²) in [5, 5.41) is 19.7. The normalized spacial score (nSPS) is 19.0. The Bertz CT molecular complexity index is 629. The zero-order valence-electron chi connectivity index (χ0n) is 12.1. The van der Waals surface area contributed by atoms with Crippen LogP contribution in [0.1, 0.15) is 5.82 Å². The van der Waals surface area contributed by atoms with Crippen molar-refractivity contribution in [1.29, 1.82) is 0 Å². The van der Waals surface area contributed by atoms with Crippen molar-refractivity contribution in [3.63, 3.8) is 0 Å². The van der Waals surface area contributed by atoms with Gasteiger partial charge in [-0.3, -0.25) is 14.9 Å². The van der Waals surface area contributed by atoms with Gasteiger partial charge in [-0.1, -0.05) is 0 Å². The number of rotatable bonds is 3. The third-order valence-corrected chi connectivity index (χ3v) is 3.51. The second-order valence-electron chi connectivity index (χ2n) is 5.22. The molecule has 8 nitrogen and oxygen atoms in total. The first-order valence-corrected chi connectivity index (χ1v) is 7.20. The number of β-amino-alcohol motifs (C(OH)–C–C–N with tert-alkyl or cyclic N) is 1. The molecular formula is C14H18N6O2. The molecule has 1 atom stereocenters. The van der Waals surface area contributed by atoms with E-state index in [-0.39, 0.29) is 12.3 Å². The van der Waals surface area contributed by atoms with E-state index in [0.29, 0.717) is 37.8 Å². The molecule has 1 aliphatic heterocycles. The molecule has 3 rings (SSSR count). The van der Waals surface area contributed by atoms with E-state index in [9.17, 15) is 9.90 Å². The molecule has 3 N–H and O–H groups in total. The number of nitrogens with zero attached hydrogens (tertiary/aromatic N) is 4. The number of aliphatic hydroxyl groups is 1. The van der Waals surface area contributed by atoms with Gasteiger partial charge in [0, 0.05) is 44.1 Å². The van der Waals surface area contributed by atoms with E-state index in [4.69, 9.17) is 0 Å². The molecule has 3 heterocycles. The number of hydrogen-bond donors (Lipinski definition) is 3. The second kappa shape index (κ2) is 6.63. The van der Waals surface area contributed by atoms with E-state index in [1.807, 2.05) is 12.1 Å². The predicted octanol–water partition coefficient (Wildman–Crippen LogP) is -0.798. The van der Waals surface area contributed by atoms with Crippen LogP contribution in [-0.2, 0) is 11.2 Å². The Balaban J connectivity index is 1.66. The minimum atomic E-state index is -0.534. The summed E-state index contributed by atoms with van der Waals surface area (Å²) < 4.78 is 0. The summed E-state index contributed by atoms with van der Waals surface area (Å²) in [4.78, 5) is 22.2. The molecule has 0 aliphatic carbocycles. The quantitative estimate of drug-likeness (QED) is 0.685. The van der Waals surface area contributed by atoms with E-state index in [1.165, 1.54) is 0 Å². The van der Waals surface area contributed by atoms with Gasteiger partial charge in [0.1, 0.15) is 5.82 Å². The first-order chi connectivity index (χ1) is 10.7. The van der Waals surface area contributed by atoms with Gasteiger partial charge in [0.05, 0.1) is 12.5 Å². The second-order valence-corrected chi connectivity index (χ2v) is 5.22. The summed E-state index contributed by atoms with van der Waals surface area (Å²) in [6, 6.07) is 3.62. The zero-order chi connectivity index (χ0) is 15.4. The van der Waals surface area contributed by atoms with Crippen LogP contribution >= 0.6 is 0 Å². The standard InChI is InChI=1S/C14H18N6O2/c21-11-8-16-5-6-20(9-11)13(22)7-12-17-14(19-18-12)10-1-3-15-4-2-10/h1-4,11,16,21H,5-9H2,(H,17,18,19)/t11-/m1/s1. The van der Waals surface area contributed by atoms with Crippen LogP contribution in [0.4, 0.5) is 0 Å². The summed E-state index contributed by atoms with van der Waals surface area (Å²) in [5.74, 6) is 0.992. The van der Waals surface area contributed by atoms with Gasteiger partial charge in [0.15, 0.2) is 5.82 Å². The number of amides is 1. The van der Waals surface area contributed by atoms with E-state index in [0.717, 1.165) is 5.56 Å². The topological polar surface area (TPSA) is 107 Å². The van der Waals surface area contributed by atoms with Gasteiger partial charge < -0.3 is 15.3 Å². The Morgan fingerprint density at radius 1 is 1.41 bits per heavy atom. The number of H-pyrrole nitrogens is 1. The molecule has 0 saturated carbocycles. The van der Waals surface area contributed by atoms with E-state index < -0.39 is 6.10 Å². The van der Waals surface area contributed by atoms with Crippen molar-refractivity contribution >= 4 is 5.91 Å². The molecule has 0 unspecified atom stereocenters. The van der Waals surface area contributed by atoms with Crippen LogP contribution in [0.3, 0.4) is 0 Å². The number of pyridine rings is 1. The fraction of sp³-hybridized carbons (Fsp3) is 0.429. The van der Waals surface area contributed by atoms with Crippen LogP contribution in [0.5, 0.6) is 0 Å². The molecule has 8 heteroatoms. The smallest absolute Gasteiger partial charge is 0.230 e. The molecule has 2 aromatic rings. The number of aromatic nitrogens is 4. The molecule has 1 amide bonds. The molecule has 1 fully saturated rings. The van der Waals surface area contributed by atoms with Gasteiger partial charge >= 0.3 is 0 Å². The number of hydrogen-bond acceptors (Lipinski definition) is 6. The summed E-state index contributed by atoms with van der Waals surface area (Å²) in [5.41, 5.74) is 0.847. The SMILES string of the molecule is O=C(Cc1nc(-c2ccncc2)n[nH]1)N1CCNC[C@@H](O)C1. The summed E-state index contributed by atoms with van der Waals surface area (Å²) in [6.45, 7) is 2.12. The van der Waals surface area contributed by atoms with Crippen molar-refractivity contribution in [2.24, 2.45) is 0 Å². The molecule has 2 aromatic heterocycles. The molecular weight excluding hydrogens is 284 g/mol. The van der Waals surface area contributed by atoms with E-state index in [2.05, 4.69) is 25.5 Å². The van der Waals surface area contributed by atoms with Crippen LogP contribution in [0, 0.1) is 0 Å². The Hall–Kier alpha value is -2.32. The summed E-state index contributed by atoms with van der Waals surface area (Å²) in [6.07, 6.45) is 2.95. The third-order valence-electron chi connectivity index (χ3n) is 3.51. The van der Waals surface area contributed by atoms with Gasteiger partial charge in [-0.25, -0.2) is 4.98 Å². The fourth-order valence-electron chi connectivity index (χ4n) is 2.38. The van der Waals surface area contributed by atoms with Crippen molar-refractivity contribution in [3.05, 3.63) is 30.4 Å². The highest BCUT2D eigenvalue weighted by Gasteiger charge is 2.21. The first kappa shape index (κ1) is 14.6. The Labute approximate surface area is 127 Å². The van der Waals surface area contributed by atoms with Gasteiger partial charge in [-0.2, -0.15) is 5.10 Å². The van der Waals surface area contributed by atoms with Crippen LogP contribution in [0.2, 0.25) is 0 Å². The summed E-state index contributed by atoms with van der Waals surface area (Å²) >= 11 is 0. The average molecular weight is 302 g/mol. The lowest BCUT2D eigenvalue weighted by Gasteiger charge is -2.21. The molecule has 0 aromatic carbocycles. The van der Waals surface area contributed by atoms with Crippen LogP contribution in [0.25, 0.3) is 11.4 Å². The minimum absolute atomic E-state index is 0.0693. The Morgan fingerprint density at radius 3 is 3.05 bits per heavy atom. The Kier molecular flexibility index (Phi) is 4.40. The zero-order valence-corrected chi connectivity index (χ0v) is 12.1. The third kappa shape index (κ3) is 3.46. The highest BCUT2D eigenvalue weighted by molar-refractivity contribution is 5.78. The van der Waals surface area contributed by atoms with Gasteiger partial charge in [0.25, 0.3) is 0 Å². The van der Waals surface area contributed by atoms with Crippen molar-refractivity contribution in [1.82, 2.24) is 30.4 Å². The number of aromatic amines is 1. The lowest BCUT2D eigenvalue weighted by atomic mass is 10.2. The molecule has 1 aliphatic rings. The van der Waals surface area contributed by atoms with Crippen LogP contribution in [0.15, 0.2) is 24.5 Å². The maximum Gasteiger partial charge on any atom is 0.230 e. The lowest BCUT2D eigenvalue weighted by molar-refractivity contribution is -0.131. The van der Waals surface area contributed by atoms with Crippen molar-refractivity contribution < 1.29 is 9.90 Å². The molecule has 0 bridgehead atoms. The van der Waals surface area contributed by atoms with Crippen molar-refractivity contribution in [2.75, 3.05) is 26.2 Å². The molecule has 0 radical (unpaired) electrons.